The van der Waals surface area contributed by atoms with Gasteiger partial charge in [-0.2, -0.15) is 0 Å². The molecule has 1 aromatic carbocycles. The van der Waals surface area contributed by atoms with Crippen LogP contribution in [0.5, 0.6) is 5.75 Å². The van der Waals surface area contributed by atoms with Crippen molar-refractivity contribution in [1.29, 1.82) is 0 Å². The van der Waals surface area contributed by atoms with E-state index in [1.54, 1.807) is 13.3 Å². The van der Waals surface area contributed by atoms with Crippen molar-refractivity contribution < 1.29 is 4.74 Å². The van der Waals surface area contributed by atoms with E-state index in [2.05, 4.69) is 61.2 Å². The number of benzene rings is 1. The van der Waals surface area contributed by atoms with Gasteiger partial charge in [0.2, 0.25) is 0 Å². The molecule has 0 bridgehead atoms. The summed E-state index contributed by atoms with van der Waals surface area (Å²) in [5.41, 5.74) is 2.27. The van der Waals surface area contributed by atoms with Gasteiger partial charge in [-0.25, -0.2) is 0 Å². The summed E-state index contributed by atoms with van der Waals surface area (Å²) in [5, 5.41) is 3.48. The van der Waals surface area contributed by atoms with Crippen LogP contribution in [0, 0.1) is 0 Å². The number of hydrogen-bond acceptors (Lipinski definition) is 3. The summed E-state index contributed by atoms with van der Waals surface area (Å²) in [6, 6.07) is 8.29. The van der Waals surface area contributed by atoms with Crippen LogP contribution in [0.3, 0.4) is 0 Å². The van der Waals surface area contributed by atoms with E-state index in [0.29, 0.717) is 0 Å². The van der Waals surface area contributed by atoms with Crippen molar-refractivity contribution in [2.45, 2.75) is 19.5 Å². The van der Waals surface area contributed by atoms with Crippen LogP contribution in [0.25, 0.3) is 0 Å². The minimum absolute atomic E-state index is 0.228. The first-order valence-corrected chi connectivity index (χ1v) is 7.85. The van der Waals surface area contributed by atoms with Crippen LogP contribution in [0.1, 0.15) is 24.1 Å². The molecule has 3 nitrogen and oxygen atoms in total. The van der Waals surface area contributed by atoms with E-state index in [1.807, 2.05) is 18.3 Å². The summed E-state index contributed by atoms with van der Waals surface area (Å²) in [7, 11) is 1.68. The van der Waals surface area contributed by atoms with Crippen LogP contribution < -0.4 is 10.1 Å². The predicted molar refractivity (Wildman–Crippen MR) is 87.9 cm³/mol. The molecular formula is C15H16Br2N2O. The van der Waals surface area contributed by atoms with Gasteiger partial charge in [0.25, 0.3) is 0 Å². The molecule has 0 aliphatic carbocycles. The molecule has 2 rings (SSSR count). The highest BCUT2D eigenvalue weighted by Crippen LogP contribution is 2.32. The number of aromatic nitrogens is 1. The summed E-state index contributed by atoms with van der Waals surface area (Å²) in [6.45, 7) is 2.84. The van der Waals surface area contributed by atoms with Gasteiger partial charge in [-0.1, -0.05) is 22.0 Å². The lowest BCUT2D eigenvalue weighted by Crippen LogP contribution is -2.18. The van der Waals surface area contributed by atoms with E-state index in [1.165, 1.54) is 5.56 Å². The van der Waals surface area contributed by atoms with Crippen LogP contribution in [0.15, 0.2) is 45.6 Å². The van der Waals surface area contributed by atoms with Gasteiger partial charge in [0.05, 0.1) is 11.6 Å². The molecule has 1 unspecified atom stereocenters. The summed E-state index contributed by atoms with van der Waals surface area (Å²) in [6.07, 6.45) is 3.66. The van der Waals surface area contributed by atoms with Crippen LogP contribution >= 0.6 is 31.9 Å². The SMILES string of the molecule is COc1c(Br)cc(Br)cc1CNC(C)c1cccnc1. The van der Waals surface area contributed by atoms with E-state index in [4.69, 9.17) is 4.74 Å². The van der Waals surface area contributed by atoms with Crippen LogP contribution in [0.2, 0.25) is 0 Å². The molecule has 0 aliphatic heterocycles. The van der Waals surface area contributed by atoms with Crippen LogP contribution in [0.4, 0.5) is 0 Å². The first-order chi connectivity index (χ1) is 9.61. The number of halogens is 2. The number of nitrogens with zero attached hydrogens (tertiary/aromatic N) is 1. The fourth-order valence-corrected chi connectivity index (χ4v) is 3.46. The quantitative estimate of drug-likeness (QED) is 0.805. The van der Waals surface area contributed by atoms with Crippen molar-refractivity contribution in [3.63, 3.8) is 0 Å². The molecule has 20 heavy (non-hydrogen) atoms. The molecule has 2 aromatic rings. The van der Waals surface area contributed by atoms with Crippen molar-refractivity contribution in [1.82, 2.24) is 10.3 Å². The van der Waals surface area contributed by atoms with Gasteiger partial charge in [-0.15, -0.1) is 0 Å². The topological polar surface area (TPSA) is 34.1 Å². The third kappa shape index (κ3) is 3.81. The lowest BCUT2D eigenvalue weighted by Gasteiger charge is -2.16. The highest BCUT2D eigenvalue weighted by atomic mass is 79.9. The highest BCUT2D eigenvalue weighted by Gasteiger charge is 2.11. The van der Waals surface area contributed by atoms with Crippen molar-refractivity contribution in [2.75, 3.05) is 7.11 Å². The normalized spacial score (nSPS) is 12.2. The standard InChI is InChI=1S/C15H16Br2N2O/c1-10(11-4-3-5-18-8-11)19-9-12-6-13(16)7-14(17)15(12)20-2/h3-8,10,19H,9H2,1-2H3. The molecule has 1 heterocycles. The van der Waals surface area contributed by atoms with Crippen molar-refractivity contribution in [3.8, 4) is 5.75 Å². The van der Waals surface area contributed by atoms with Gasteiger partial charge in [0.15, 0.2) is 0 Å². The monoisotopic (exact) mass is 398 g/mol. The van der Waals surface area contributed by atoms with E-state index < -0.39 is 0 Å². The Balaban J connectivity index is 2.11. The fourth-order valence-electron chi connectivity index (χ4n) is 1.99. The van der Waals surface area contributed by atoms with Crippen LogP contribution in [-0.2, 0) is 6.54 Å². The third-order valence-electron chi connectivity index (χ3n) is 3.07. The minimum atomic E-state index is 0.228. The smallest absolute Gasteiger partial charge is 0.137 e. The Morgan fingerprint density at radius 3 is 2.80 bits per heavy atom. The van der Waals surface area contributed by atoms with Gasteiger partial charge in [-0.05, 0) is 46.6 Å². The predicted octanol–water partition coefficient (Wildman–Crippen LogP) is 4.47. The van der Waals surface area contributed by atoms with Crippen molar-refractivity contribution in [3.05, 3.63) is 56.7 Å². The molecule has 0 amide bonds. The maximum Gasteiger partial charge on any atom is 0.137 e. The third-order valence-corrected chi connectivity index (χ3v) is 4.12. The Kier molecular flexibility index (Phi) is 5.57. The Morgan fingerprint density at radius 1 is 1.35 bits per heavy atom. The molecule has 0 spiro atoms. The zero-order chi connectivity index (χ0) is 14.5. The molecule has 0 saturated heterocycles. The summed E-state index contributed by atoms with van der Waals surface area (Å²) in [5.74, 6) is 0.860. The minimum Gasteiger partial charge on any atom is -0.495 e. The Bertz CT molecular complexity index is 576. The van der Waals surface area contributed by atoms with Gasteiger partial charge >= 0.3 is 0 Å². The van der Waals surface area contributed by atoms with Gasteiger partial charge in [0.1, 0.15) is 5.75 Å². The lowest BCUT2D eigenvalue weighted by molar-refractivity contribution is 0.403. The van der Waals surface area contributed by atoms with Crippen molar-refractivity contribution in [2.24, 2.45) is 0 Å². The van der Waals surface area contributed by atoms with Crippen molar-refractivity contribution >= 4 is 31.9 Å². The number of methoxy groups -OCH3 is 1. The second kappa shape index (κ2) is 7.20. The molecule has 5 heteroatoms. The van der Waals surface area contributed by atoms with Gasteiger partial charge in [-0.3, -0.25) is 4.98 Å². The molecule has 1 atom stereocenters. The average Bonchev–Trinajstić information content (AvgIpc) is 2.45. The van der Waals surface area contributed by atoms with Crippen LogP contribution in [-0.4, -0.2) is 12.1 Å². The number of nitrogens with one attached hydrogen (secondary N) is 1. The van der Waals surface area contributed by atoms with E-state index >= 15 is 0 Å². The number of rotatable bonds is 5. The Hall–Kier alpha value is -0.910. The number of pyridine rings is 1. The summed E-state index contributed by atoms with van der Waals surface area (Å²) in [4.78, 5) is 4.14. The number of ether oxygens (including phenoxy) is 1. The largest absolute Gasteiger partial charge is 0.495 e. The zero-order valence-corrected chi connectivity index (χ0v) is 14.5. The molecule has 0 aliphatic rings. The fraction of sp³-hybridized carbons (Fsp3) is 0.267. The maximum absolute atomic E-state index is 5.45. The van der Waals surface area contributed by atoms with E-state index in [-0.39, 0.29) is 6.04 Å². The van der Waals surface area contributed by atoms with Gasteiger partial charge in [0, 0.05) is 35.0 Å². The molecule has 0 fully saturated rings. The maximum atomic E-state index is 5.45. The summed E-state index contributed by atoms with van der Waals surface area (Å²) >= 11 is 7.02. The molecule has 0 radical (unpaired) electrons. The first-order valence-electron chi connectivity index (χ1n) is 6.27. The van der Waals surface area contributed by atoms with Gasteiger partial charge < -0.3 is 10.1 Å². The van der Waals surface area contributed by atoms with E-state index in [9.17, 15) is 0 Å². The summed E-state index contributed by atoms with van der Waals surface area (Å²) < 4.78 is 7.42. The average molecular weight is 400 g/mol. The molecule has 0 saturated carbocycles. The number of hydrogen-bond donors (Lipinski definition) is 1. The van der Waals surface area contributed by atoms with E-state index in [0.717, 1.165) is 26.8 Å². The first kappa shape index (κ1) is 15.5. The second-order valence-electron chi connectivity index (χ2n) is 4.47. The molecule has 106 valence electrons. The Labute approximate surface area is 136 Å². The molecular weight excluding hydrogens is 384 g/mol. The Morgan fingerprint density at radius 2 is 2.15 bits per heavy atom. The second-order valence-corrected chi connectivity index (χ2v) is 6.24. The molecule has 1 aromatic heterocycles. The highest BCUT2D eigenvalue weighted by molar-refractivity contribution is 9.11. The molecule has 1 N–H and O–H groups in total. The zero-order valence-electron chi connectivity index (χ0n) is 11.4. The lowest BCUT2D eigenvalue weighted by atomic mass is 10.1.